The first-order valence-electron chi connectivity index (χ1n) is 11.3. The van der Waals surface area contributed by atoms with Crippen LogP contribution < -0.4 is 5.32 Å². The van der Waals surface area contributed by atoms with Gasteiger partial charge in [-0.1, -0.05) is 31.2 Å². The van der Waals surface area contributed by atoms with E-state index in [0.717, 1.165) is 30.5 Å². The number of nitrogens with zero attached hydrogens (tertiary/aromatic N) is 3. The van der Waals surface area contributed by atoms with Crippen molar-refractivity contribution < 1.29 is 13.2 Å². The molecule has 8 heteroatoms. The Morgan fingerprint density at radius 2 is 1.73 bits per heavy atom. The summed E-state index contributed by atoms with van der Waals surface area (Å²) in [5.74, 6) is -0.167. The van der Waals surface area contributed by atoms with E-state index in [1.165, 1.54) is 5.56 Å². The minimum Gasteiger partial charge on any atom is -0.322 e. The third kappa shape index (κ3) is 4.86. The van der Waals surface area contributed by atoms with Gasteiger partial charge in [0.15, 0.2) is 0 Å². The number of aromatic nitrogens is 2. The van der Waals surface area contributed by atoms with Crippen LogP contribution in [0.1, 0.15) is 52.6 Å². The molecule has 0 unspecified atom stereocenters. The molecule has 174 valence electrons. The van der Waals surface area contributed by atoms with Crippen LogP contribution in [0.25, 0.3) is 0 Å². The summed E-state index contributed by atoms with van der Waals surface area (Å²) in [5.41, 5.74) is 4.60. The van der Waals surface area contributed by atoms with Gasteiger partial charge in [-0.3, -0.25) is 9.48 Å². The maximum Gasteiger partial charge on any atom is 0.255 e. The summed E-state index contributed by atoms with van der Waals surface area (Å²) in [6, 6.07) is 15.1. The third-order valence-electron chi connectivity index (χ3n) is 6.12. The molecule has 0 aliphatic carbocycles. The van der Waals surface area contributed by atoms with Crippen LogP contribution in [0.15, 0.2) is 53.4 Å². The molecule has 0 spiro atoms. The van der Waals surface area contributed by atoms with Gasteiger partial charge in [0.1, 0.15) is 4.90 Å². The second-order valence-corrected chi connectivity index (χ2v) is 10.3. The van der Waals surface area contributed by atoms with Gasteiger partial charge >= 0.3 is 0 Å². The molecule has 1 amide bonds. The first-order valence-corrected chi connectivity index (χ1v) is 12.8. The van der Waals surface area contributed by atoms with E-state index < -0.39 is 10.0 Å². The molecule has 33 heavy (non-hydrogen) atoms. The quantitative estimate of drug-likeness (QED) is 0.567. The number of sulfonamides is 1. The van der Waals surface area contributed by atoms with Crippen molar-refractivity contribution in [3.05, 3.63) is 76.6 Å². The molecular formula is C25H30N4O3S. The Balaban J connectivity index is 1.48. The molecule has 3 aromatic rings. The average molecular weight is 467 g/mol. The normalized spacial score (nSPS) is 14.5. The number of aryl methyl sites for hydroxylation is 2. The van der Waals surface area contributed by atoms with Crippen LogP contribution in [0.3, 0.4) is 0 Å². The van der Waals surface area contributed by atoms with E-state index in [1.807, 2.05) is 36.4 Å². The molecular weight excluding hydrogens is 436 g/mol. The minimum atomic E-state index is -3.53. The lowest BCUT2D eigenvalue weighted by Crippen LogP contribution is -2.28. The topological polar surface area (TPSA) is 84.3 Å². The standard InChI is InChI=1S/C25H30N4O3S/c1-4-20-8-7-9-23(16-20)26-25(30)22-12-10-21(11-13-22)17-29-19(3)24(18(2)27-29)33(31,32)28-14-5-6-15-28/h7-13,16H,4-6,14-15,17H2,1-3H3,(H,26,30). The van der Waals surface area contributed by atoms with Crippen LogP contribution in [0.4, 0.5) is 5.69 Å². The summed E-state index contributed by atoms with van der Waals surface area (Å²) in [6.45, 7) is 7.19. The lowest BCUT2D eigenvalue weighted by Gasteiger charge is -2.15. The molecule has 0 bridgehead atoms. The van der Waals surface area contributed by atoms with Crippen LogP contribution >= 0.6 is 0 Å². The molecule has 1 saturated heterocycles. The number of hydrogen-bond acceptors (Lipinski definition) is 4. The Bertz CT molecular complexity index is 1260. The Hall–Kier alpha value is -2.97. The maximum absolute atomic E-state index is 13.1. The molecule has 7 nitrogen and oxygen atoms in total. The van der Waals surface area contributed by atoms with Crippen molar-refractivity contribution in [2.75, 3.05) is 18.4 Å². The summed E-state index contributed by atoms with van der Waals surface area (Å²) in [4.78, 5) is 12.9. The molecule has 2 aromatic carbocycles. The largest absolute Gasteiger partial charge is 0.322 e. The van der Waals surface area contributed by atoms with Crippen molar-refractivity contribution in [2.24, 2.45) is 0 Å². The van der Waals surface area contributed by atoms with Crippen molar-refractivity contribution in [1.82, 2.24) is 14.1 Å². The van der Waals surface area contributed by atoms with Crippen molar-refractivity contribution in [3.8, 4) is 0 Å². The fourth-order valence-corrected chi connectivity index (χ4v) is 6.16. The molecule has 0 radical (unpaired) electrons. The molecule has 4 rings (SSSR count). The third-order valence-corrected chi connectivity index (χ3v) is 8.27. The maximum atomic E-state index is 13.1. The number of nitrogens with one attached hydrogen (secondary N) is 1. The number of carbonyl (C=O) groups excluding carboxylic acids is 1. The number of hydrogen-bond donors (Lipinski definition) is 1. The lowest BCUT2D eigenvalue weighted by molar-refractivity contribution is 0.102. The first kappa shape index (κ1) is 23.2. The van der Waals surface area contributed by atoms with E-state index in [-0.39, 0.29) is 5.91 Å². The van der Waals surface area contributed by atoms with Crippen LogP contribution in [-0.2, 0) is 23.0 Å². The number of anilines is 1. The van der Waals surface area contributed by atoms with E-state index in [1.54, 1.807) is 35.0 Å². The van der Waals surface area contributed by atoms with Gasteiger partial charge in [0.05, 0.1) is 17.9 Å². The molecule has 2 heterocycles. The molecule has 1 aliphatic rings. The second-order valence-electron chi connectivity index (χ2n) is 8.47. The summed E-state index contributed by atoms with van der Waals surface area (Å²) in [5, 5.41) is 7.44. The molecule has 1 N–H and O–H groups in total. The van der Waals surface area contributed by atoms with Gasteiger partial charge < -0.3 is 5.32 Å². The second kappa shape index (κ2) is 9.49. The summed E-state index contributed by atoms with van der Waals surface area (Å²) < 4.78 is 29.4. The van der Waals surface area contributed by atoms with Gasteiger partial charge in [0.2, 0.25) is 10.0 Å². The summed E-state index contributed by atoms with van der Waals surface area (Å²) in [7, 11) is -3.53. The van der Waals surface area contributed by atoms with Gasteiger partial charge in [-0.15, -0.1) is 0 Å². The zero-order valence-corrected chi connectivity index (χ0v) is 20.2. The van der Waals surface area contributed by atoms with E-state index >= 15 is 0 Å². The number of amides is 1. The van der Waals surface area contributed by atoms with Gasteiger partial charge in [-0.05, 0) is 68.5 Å². The van der Waals surface area contributed by atoms with E-state index in [4.69, 9.17) is 0 Å². The lowest BCUT2D eigenvalue weighted by atomic mass is 10.1. The van der Waals surface area contributed by atoms with Gasteiger partial charge in [-0.2, -0.15) is 9.40 Å². The molecule has 1 fully saturated rings. The van der Waals surface area contributed by atoms with Crippen molar-refractivity contribution >= 4 is 21.6 Å². The zero-order chi connectivity index (χ0) is 23.6. The highest BCUT2D eigenvalue weighted by Crippen LogP contribution is 2.26. The molecule has 0 saturated carbocycles. The fourth-order valence-electron chi connectivity index (χ4n) is 4.27. The number of carbonyl (C=O) groups is 1. The van der Waals surface area contributed by atoms with Crippen molar-refractivity contribution in [3.63, 3.8) is 0 Å². The Kier molecular flexibility index (Phi) is 6.67. The van der Waals surface area contributed by atoms with Gasteiger partial charge in [0.25, 0.3) is 5.91 Å². The Morgan fingerprint density at radius 1 is 1.03 bits per heavy atom. The fraction of sp³-hybridized carbons (Fsp3) is 0.360. The van der Waals surface area contributed by atoms with Crippen molar-refractivity contribution in [1.29, 1.82) is 0 Å². The van der Waals surface area contributed by atoms with Gasteiger partial charge in [0, 0.05) is 24.3 Å². The van der Waals surface area contributed by atoms with Crippen LogP contribution in [0.2, 0.25) is 0 Å². The minimum absolute atomic E-state index is 0.167. The zero-order valence-electron chi connectivity index (χ0n) is 19.3. The van der Waals surface area contributed by atoms with E-state index in [9.17, 15) is 13.2 Å². The van der Waals surface area contributed by atoms with Crippen LogP contribution in [0.5, 0.6) is 0 Å². The monoisotopic (exact) mass is 466 g/mol. The first-order chi connectivity index (χ1) is 15.8. The highest BCUT2D eigenvalue weighted by Gasteiger charge is 2.32. The SMILES string of the molecule is CCc1cccc(NC(=O)c2ccc(Cn3nc(C)c(S(=O)(=O)N4CCCC4)c3C)cc2)c1. The van der Waals surface area contributed by atoms with Crippen molar-refractivity contribution in [2.45, 2.75) is 51.5 Å². The number of benzene rings is 2. The summed E-state index contributed by atoms with van der Waals surface area (Å²) >= 11 is 0. The van der Waals surface area contributed by atoms with E-state index in [0.29, 0.717) is 41.5 Å². The Morgan fingerprint density at radius 3 is 2.39 bits per heavy atom. The molecule has 1 aromatic heterocycles. The van der Waals surface area contributed by atoms with Crippen LogP contribution in [-0.4, -0.2) is 41.5 Å². The highest BCUT2D eigenvalue weighted by atomic mass is 32.2. The number of rotatable bonds is 7. The molecule has 1 aliphatic heterocycles. The van der Waals surface area contributed by atoms with E-state index in [2.05, 4.69) is 17.3 Å². The smallest absolute Gasteiger partial charge is 0.255 e. The molecule has 0 atom stereocenters. The Labute approximate surface area is 195 Å². The average Bonchev–Trinajstić information content (AvgIpc) is 3.43. The summed E-state index contributed by atoms with van der Waals surface area (Å²) in [6.07, 6.45) is 2.70. The highest BCUT2D eigenvalue weighted by molar-refractivity contribution is 7.89. The predicted molar refractivity (Wildman–Crippen MR) is 129 cm³/mol. The predicted octanol–water partition coefficient (Wildman–Crippen LogP) is 4.15. The van der Waals surface area contributed by atoms with Crippen LogP contribution in [0, 0.1) is 13.8 Å². The van der Waals surface area contributed by atoms with Gasteiger partial charge in [-0.25, -0.2) is 8.42 Å².